The minimum absolute atomic E-state index is 0.0304. The molecule has 0 spiro atoms. The summed E-state index contributed by atoms with van der Waals surface area (Å²) in [4.78, 5) is 11.7. The minimum Gasteiger partial charge on any atom is -0.507 e. The fourth-order valence-electron chi connectivity index (χ4n) is 2.20. The third kappa shape index (κ3) is 3.48. The Morgan fingerprint density at radius 2 is 2.12 bits per heavy atom. The van der Waals surface area contributed by atoms with Crippen LogP contribution in [0.2, 0.25) is 0 Å². The number of benzene rings is 1. The Bertz CT molecular complexity index is 381. The predicted molar refractivity (Wildman–Crippen MR) is 63.8 cm³/mol. The Morgan fingerprint density at radius 1 is 1.35 bits per heavy atom. The van der Waals surface area contributed by atoms with Gasteiger partial charge in [-0.05, 0) is 30.9 Å². The standard InChI is InChI=1S/C14H17O3/c15-13-8-4-7-12(9-13)14(16)17-10-11-5-2-1-3-6-11/h4,7-8,11,15H,1-3,5-6,10H2. The number of carbonyl (C=O) groups excluding carboxylic acids is 1. The number of carbonyl (C=O) groups is 1. The minimum atomic E-state index is -0.397. The molecule has 0 aliphatic heterocycles. The molecule has 91 valence electrons. The monoisotopic (exact) mass is 233 g/mol. The van der Waals surface area contributed by atoms with Crippen LogP contribution in [0.1, 0.15) is 42.5 Å². The molecule has 0 amide bonds. The third-order valence-corrected chi connectivity index (χ3v) is 3.17. The third-order valence-electron chi connectivity index (χ3n) is 3.17. The van der Waals surface area contributed by atoms with Crippen molar-refractivity contribution in [1.29, 1.82) is 0 Å². The second-order valence-electron chi connectivity index (χ2n) is 4.55. The smallest absolute Gasteiger partial charge is 0.338 e. The molecule has 3 heteroatoms. The molecule has 1 aromatic rings. The van der Waals surface area contributed by atoms with Crippen LogP contribution in [0, 0.1) is 12.0 Å². The summed E-state index contributed by atoms with van der Waals surface area (Å²) in [7, 11) is 0. The van der Waals surface area contributed by atoms with E-state index in [9.17, 15) is 9.90 Å². The van der Waals surface area contributed by atoms with Crippen molar-refractivity contribution in [2.24, 2.45) is 5.92 Å². The molecule has 17 heavy (non-hydrogen) atoms. The molecular weight excluding hydrogens is 216 g/mol. The van der Waals surface area contributed by atoms with Gasteiger partial charge in [-0.1, -0.05) is 25.3 Å². The predicted octanol–water partition coefficient (Wildman–Crippen LogP) is 2.93. The highest BCUT2D eigenvalue weighted by molar-refractivity contribution is 5.89. The van der Waals surface area contributed by atoms with Gasteiger partial charge in [0.1, 0.15) is 5.75 Å². The van der Waals surface area contributed by atoms with Gasteiger partial charge in [0, 0.05) is 6.07 Å². The van der Waals surface area contributed by atoms with Gasteiger partial charge in [-0.15, -0.1) is 0 Å². The average molecular weight is 233 g/mol. The summed E-state index contributed by atoms with van der Waals surface area (Å²) in [5.74, 6) is 0.0774. The first-order valence-electron chi connectivity index (χ1n) is 6.14. The van der Waals surface area contributed by atoms with Crippen LogP contribution in [-0.2, 0) is 4.74 Å². The average Bonchev–Trinajstić information content (AvgIpc) is 2.37. The summed E-state index contributed by atoms with van der Waals surface area (Å²) in [5, 5.41) is 9.22. The molecule has 1 aliphatic rings. The quantitative estimate of drug-likeness (QED) is 0.816. The van der Waals surface area contributed by atoms with Crippen LogP contribution in [0.4, 0.5) is 0 Å². The molecule has 1 radical (unpaired) electrons. The molecule has 1 aromatic carbocycles. The molecule has 0 unspecified atom stereocenters. The van der Waals surface area contributed by atoms with E-state index in [0.717, 1.165) is 12.8 Å². The summed E-state index contributed by atoms with van der Waals surface area (Å²) in [5.41, 5.74) is 0.292. The van der Waals surface area contributed by atoms with Crippen LogP contribution in [0.25, 0.3) is 0 Å². The van der Waals surface area contributed by atoms with E-state index in [2.05, 4.69) is 6.07 Å². The number of phenolic OH excluding ortho intramolecular Hbond substituents is 1. The Balaban J connectivity index is 1.84. The summed E-state index contributed by atoms with van der Waals surface area (Å²) < 4.78 is 5.24. The summed E-state index contributed by atoms with van der Waals surface area (Å²) in [6.07, 6.45) is 6.07. The van der Waals surface area contributed by atoms with Crippen molar-refractivity contribution in [3.63, 3.8) is 0 Å². The van der Waals surface area contributed by atoms with Crippen molar-refractivity contribution < 1.29 is 14.6 Å². The van der Waals surface area contributed by atoms with Gasteiger partial charge < -0.3 is 9.84 Å². The number of phenols is 1. The first kappa shape index (κ1) is 12.0. The molecule has 1 aliphatic carbocycles. The first-order valence-corrected chi connectivity index (χ1v) is 6.14. The molecule has 2 rings (SSSR count). The van der Waals surface area contributed by atoms with Crippen molar-refractivity contribution in [1.82, 2.24) is 0 Å². The SMILES string of the molecule is O=C(OCC1CCCCC1)c1[c]c(O)ccc1. The second kappa shape index (κ2) is 5.71. The van der Waals surface area contributed by atoms with Crippen LogP contribution < -0.4 is 0 Å². The van der Waals surface area contributed by atoms with Gasteiger partial charge in [-0.2, -0.15) is 0 Å². The Morgan fingerprint density at radius 3 is 2.82 bits per heavy atom. The van der Waals surface area contributed by atoms with Gasteiger partial charge in [0.2, 0.25) is 0 Å². The number of rotatable bonds is 3. The van der Waals surface area contributed by atoms with E-state index in [0.29, 0.717) is 18.1 Å². The molecule has 3 nitrogen and oxygen atoms in total. The highest BCUT2D eigenvalue weighted by Gasteiger charge is 2.16. The van der Waals surface area contributed by atoms with Crippen molar-refractivity contribution in [3.8, 4) is 5.75 Å². The number of esters is 1. The summed E-state index contributed by atoms with van der Waals surface area (Å²) in [6.45, 7) is 0.488. The summed E-state index contributed by atoms with van der Waals surface area (Å²) in [6, 6.07) is 7.27. The molecule has 0 heterocycles. The second-order valence-corrected chi connectivity index (χ2v) is 4.55. The van der Waals surface area contributed by atoms with Crippen LogP contribution >= 0.6 is 0 Å². The molecule has 0 atom stereocenters. The van der Waals surface area contributed by atoms with Gasteiger partial charge in [-0.3, -0.25) is 0 Å². The van der Waals surface area contributed by atoms with E-state index >= 15 is 0 Å². The van der Waals surface area contributed by atoms with Gasteiger partial charge in [0.05, 0.1) is 12.2 Å². The molecule has 0 saturated heterocycles. The number of hydrogen-bond donors (Lipinski definition) is 1. The maximum absolute atomic E-state index is 11.7. The number of hydrogen-bond acceptors (Lipinski definition) is 3. The molecule has 1 N–H and O–H groups in total. The van der Waals surface area contributed by atoms with E-state index in [1.54, 1.807) is 12.1 Å². The zero-order chi connectivity index (χ0) is 12.1. The summed E-state index contributed by atoms with van der Waals surface area (Å²) >= 11 is 0. The normalized spacial score (nSPS) is 16.7. The maximum Gasteiger partial charge on any atom is 0.338 e. The van der Waals surface area contributed by atoms with Gasteiger partial charge in [-0.25, -0.2) is 4.79 Å². The van der Waals surface area contributed by atoms with Crippen LogP contribution in [0.5, 0.6) is 5.75 Å². The highest BCUT2D eigenvalue weighted by atomic mass is 16.5. The van der Waals surface area contributed by atoms with E-state index in [4.69, 9.17) is 4.74 Å². The van der Waals surface area contributed by atoms with Crippen LogP contribution in [-0.4, -0.2) is 17.7 Å². The maximum atomic E-state index is 11.7. The lowest BCUT2D eigenvalue weighted by Crippen LogP contribution is -2.16. The molecule has 1 saturated carbocycles. The number of ether oxygens (including phenoxy) is 1. The van der Waals surface area contributed by atoms with Crippen molar-refractivity contribution in [3.05, 3.63) is 29.8 Å². The largest absolute Gasteiger partial charge is 0.507 e. The molecule has 1 fully saturated rings. The Labute approximate surface area is 101 Å². The lowest BCUT2D eigenvalue weighted by molar-refractivity contribution is 0.0409. The lowest BCUT2D eigenvalue weighted by Gasteiger charge is -2.20. The van der Waals surface area contributed by atoms with Gasteiger partial charge in [0.15, 0.2) is 0 Å². The van der Waals surface area contributed by atoms with Crippen molar-refractivity contribution >= 4 is 5.97 Å². The fourth-order valence-corrected chi connectivity index (χ4v) is 2.20. The fraction of sp³-hybridized carbons (Fsp3) is 0.500. The highest BCUT2D eigenvalue weighted by Crippen LogP contribution is 2.24. The van der Waals surface area contributed by atoms with E-state index < -0.39 is 5.97 Å². The molecular formula is C14H17O3. The Hall–Kier alpha value is -1.51. The van der Waals surface area contributed by atoms with Crippen LogP contribution in [0.3, 0.4) is 0 Å². The van der Waals surface area contributed by atoms with Crippen molar-refractivity contribution in [2.75, 3.05) is 6.61 Å². The van der Waals surface area contributed by atoms with Gasteiger partial charge in [0.25, 0.3) is 0 Å². The van der Waals surface area contributed by atoms with Gasteiger partial charge >= 0.3 is 5.97 Å². The van der Waals surface area contributed by atoms with E-state index in [-0.39, 0.29) is 5.75 Å². The lowest BCUT2D eigenvalue weighted by atomic mass is 9.90. The zero-order valence-corrected chi connectivity index (χ0v) is 9.82. The zero-order valence-electron chi connectivity index (χ0n) is 9.82. The van der Waals surface area contributed by atoms with Crippen molar-refractivity contribution in [2.45, 2.75) is 32.1 Å². The van der Waals surface area contributed by atoms with E-state index in [1.807, 2.05) is 0 Å². The van der Waals surface area contributed by atoms with Crippen LogP contribution in [0.15, 0.2) is 18.2 Å². The number of aromatic hydroxyl groups is 1. The van der Waals surface area contributed by atoms with E-state index in [1.165, 1.54) is 25.3 Å². The molecule has 0 aromatic heterocycles. The molecule has 0 bridgehead atoms. The first-order chi connectivity index (χ1) is 8.25. The Kier molecular flexibility index (Phi) is 4.02. The topological polar surface area (TPSA) is 46.5 Å².